The second kappa shape index (κ2) is 7.70. The zero-order valence-corrected chi connectivity index (χ0v) is 10.8. The first-order valence-electron chi connectivity index (χ1n) is 5.81. The lowest BCUT2D eigenvalue weighted by Gasteiger charge is -2.25. The maximum Gasteiger partial charge on any atom is 0.317 e. The van der Waals surface area contributed by atoms with Gasteiger partial charge in [-0.2, -0.15) is 0 Å². The van der Waals surface area contributed by atoms with Crippen molar-refractivity contribution in [3.63, 3.8) is 0 Å². The van der Waals surface area contributed by atoms with Crippen LogP contribution < -0.4 is 5.32 Å². The monoisotopic (exact) mass is 242 g/mol. The van der Waals surface area contributed by atoms with E-state index in [4.69, 9.17) is 5.11 Å². The number of hydrogen-bond acceptors (Lipinski definition) is 2. The van der Waals surface area contributed by atoms with Crippen molar-refractivity contribution in [2.75, 3.05) is 13.1 Å². The molecule has 2 unspecified atom stereocenters. The second-order valence-electron chi connectivity index (χ2n) is 4.15. The van der Waals surface area contributed by atoms with E-state index in [9.17, 15) is 9.59 Å². The number of carboxylic acid groups (broad SMARTS) is 1. The Labute approximate surface area is 102 Å². The molecule has 17 heavy (non-hydrogen) atoms. The van der Waals surface area contributed by atoms with Crippen molar-refractivity contribution in [2.24, 2.45) is 5.92 Å². The molecule has 0 radical (unpaired) electrons. The number of carbonyl (C=O) groups excluding carboxylic acids is 1. The minimum Gasteiger partial charge on any atom is -0.481 e. The highest BCUT2D eigenvalue weighted by atomic mass is 16.4. The summed E-state index contributed by atoms with van der Waals surface area (Å²) in [6.07, 6.45) is 2.43. The van der Waals surface area contributed by atoms with Crippen molar-refractivity contribution in [3.8, 4) is 0 Å². The van der Waals surface area contributed by atoms with Gasteiger partial charge in [0.25, 0.3) is 0 Å². The SMILES string of the molecule is C=CCC(C)NC(=O)N(CC)CC(C)C(=O)O. The molecule has 0 bridgehead atoms. The van der Waals surface area contributed by atoms with Crippen LogP contribution in [0.2, 0.25) is 0 Å². The van der Waals surface area contributed by atoms with Crippen LogP contribution in [0.25, 0.3) is 0 Å². The Morgan fingerprint density at radius 1 is 1.47 bits per heavy atom. The fraction of sp³-hybridized carbons (Fsp3) is 0.667. The number of amides is 2. The number of nitrogens with one attached hydrogen (secondary N) is 1. The third kappa shape index (κ3) is 5.94. The molecule has 0 aliphatic heterocycles. The quantitative estimate of drug-likeness (QED) is 0.668. The molecule has 0 aromatic heterocycles. The van der Waals surface area contributed by atoms with Crippen molar-refractivity contribution >= 4 is 12.0 Å². The molecule has 2 N–H and O–H groups in total. The van der Waals surface area contributed by atoms with E-state index in [0.29, 0.717) is 13.0 Å². The lowest BCUT2D eigenvalue weighted by molar-refractivity contribution is -0.141. The Morgan fingerprint density at radius 2 is 2.06 bits per heavy atom. The summed E-state index contributed by atoms with van der Waals surface area (Å²) < 4.78 is 0. The van der Waals surface area contributed by atoms with Crippen LogP contribution in [0, 0.1) is 5.92 Å². The topological polar surface area (TPSA) is 69.6 Å². The number of aliphatic carboxylic acids is 1. The highest BCUT2D eigenvalue weighted by molar-refractivity contribution is 5.76. The molecule has 0 fully saturated rings. The number of rotatable bonds is 7. The van der Waals surface area contributed by atoms with Gasteiger partial charge in [-0.3, -0.25) is 4.79 Å². The van der Waals surface area contributed by atoms with Crippen molar-refractivity contribution in [2.45, 2.75) is 33.2 Å². The Bertz CT molecular complexity index is 279. The average Bonchev–Trinajstić information content (AvgIpc) is 2.25. The zero-order valence-electron chi connectivity index (χ0n) is 10.8. The summed E-state index contributed by atoms with van der Waals surface area (Å²) >= 11 is 0. The smallest absolute Gasteiger partial charge is 0.317 e. The zero-order chi connectivity index (χ0) is 13.4. The second-order valence-corrected chi connectivity index (χ2v) is 4.15. The predicted octanol–water partition coefficient (Wildman–Crippen LogP) is 1.70. The highest BCUT2D eigenvalue weighted by Crippen LogP contribution is 2.02. The van der Waals surface area contributed by atoms with E-state index in [2.05, 4.69) is 11.9 Å². The fourth-order valence-corrected chi connectivity index (χ4v) is 1.38. The molecule has 0 spiro atoms. The molecule has 0 heterocycles. The molecule has 0 aliphatic carbocycles. The van der Waals surface area contributed by atoms with Crippen molar-refractivity contribution in [3.05, 3.63) is 12.7 Å². The standard InChI is InChI=1S/C12H22N2O3/c1-5-7-10(4)13-12(17)14(6-2)8-9(3)11(15)16/h5,9-10H,1,6-8H2,2-4H3,(H,13,17)(H,15,16). The molecule has 0 saturated carbocycles. The maximum absolute atomic E-state index is 11.8. The third-order valence-corrected chi connectivity index (χ3v) is 2.47. The first-order chi connectivity index (χ1) is 7.92. The Hall–Kier alpha value is -1.52. The molecule has 0 aliphatic rings. The molecule has 5 nitrogen and oxygen atoms in total. The van der Waals surface area contributed by atoms with Crippen molar-refractivity contribution in [1.82, 2.24) is 10.2 Å². The van der Waals surface area contributed by atoms with Crippen LogP contribution in [0.1, 0.15) is 27.2 Å². The average molecular weight is 242 g/mol. The lowest BCUT2D eigenvalue weighted by Crippen LogP contribution is -2.46. The molecule has 2 atom stereocenters. The predicted molar refractivity (Wildman–Crippen MR) is 66.9 cm³/mol. The van der Waals surface area contributed by atoms with Crippen LogP contribution >= 0.6 is 0 Å². The van der Waals surface area contributed by atoms with E-state index in [-0.39, 0.29) is 18.6 Å². The highest BCUT2D eigenvalue weighted by Gasteiger charge is 2.19. The molecule has 98 valence electrons. The van der Waals surface area contributed by atoms with Gasteiger partial charge in [0.2, 0.25) is 0 Å². The van der Waals surface area contributed by atoms with Crippen molar-refractivity contribution in [1.29, 1.82) is 0 Å². The number of hydrogen-bond donors (Lipinski definition) is 2. The Morgan fingerprint density at radius 3 is 2.47 bits per heavy atom. The van der Waals surface area contributed by atoms with Gasteiger partial charge in [-0.25, -0.2) is 4.79 Å². The molecular weight excluding hydrogens is 220 g/mol. The van der Waals surface area contributed by atoms with E-state index in [0.717, 1.165) is 0 Å². The summed E-state index contributed by atoms with van der Waals surface area (Å²) in [4.78, 5) is 24.0. The Kier molecular flexibility index (Phi) is 7.02. The fourth-order valence-electron chi connectivity index (χ4n) is 1.38. The van der Waals surface area contributed by atoms with E-state index in [1.807, 2.05) is 13.8 Å². The first kappa shape index (κ1) is 15.5. The van der Waals surface area contributed by atoms with Crippen LogP contribution in [0.3, 0.4) is 0 Å². The molecule has 5 heteroatoms. The van der Waals surface area contributed by atoms with Gasteiger partial charge in [0, 0.05) is 19.1 Å². The first-order valence-corrected chi connectivity index (χ1v) is 5.81. The molecule has 0 saturated heterocycles. The normalized spacial score (nSPS) is 13.6. The summed E-state index contributed by atoms with van der Waals surface area (Å²) in [7, 11) is 0. The third-order valence-electron chi connectivity index (χ3n) is 2.47. The van der Waals surface area contributed by atoms with Crippen LogP contribution in [-0.4, -0.2) is 41.1 Å². The summed E-state index contributed by atoms with van der Waals surface area (Å²) in [5.74, 6) is -1.45. The van der Waals surface area contributed by atoms with Crippen LogP contribution in [0.5, 0.6) is 0 Å². The molecule has 0 rings (SSSR count). The largest absolute Gasteiger partial charge is 0.481 e. The van der Waals surface area contributed by atoms with E-state index < -0.39 is 11.9 Å². The van der Waals surface area contributed by atoms with Gasteiger partial charge in [-0.15, -0.1) is 6.58 Å². The minimum absolute atomic E-state index is 0.00850. The van der Waals surface area contributed by atoms with E-state index in [1.54, 1.807) is 13.0 Å². The van der Waals surface area contributed by atoms with Gasteiger partial charge in [0.05, 0.1) is 5.92 Å². The summed E-state index contributed by atoms with van der Waals surface area (Å²) in [5.41, 5.74) is 0. The lowest BCUT2D eigenvalue weighted by atomic mass is 10.2. The van der Waals surface area contributed by atoms with Gasteiger partial charge in [0.15, 0.2) is 0 Å². The minimum atomic E-state index is -0.893. The molecule has 2 amide bonds. The number of nitrogens with zero attached hydrogens (tertiary/aromatic N) is 1. The summed E-state index contributed by atoms with van der Waals surface area (Å²) in [5, 5.41) is 11.6. The molecular formula is C12H22N2O3. The number of urea groups is 1. The van der Waals surface area contributed by atoms with Crippen LogP contribution in [0.4, 0.5) is 4.79 Å². The van der Waals surface area contributed by atoms with Crippen LogP contribution in [-0.2, 0) is 4.79 Å². The van der Waals surface area contributed by atoms with E-state index in [1.165, 1.54) is 4.90 Å². The summed E-state index contributed by atoms with van der Waals surface area (Å²) in [6.45, 7) is 9.61. The van der Waals surface area contributed by atoms with Gasteiger partial charge in [0.1, 0.15) is 0 Å². The van der Waals surface area contributed by atoms with E-state index >= 15 is 0 Å². The van der Waals surface area contributed by atoms with Gasteiger partial charge >= 0.3 is 12.0 Å². The van der Waals surface area contributed by atoms with Gasteiger partial charge in [-0.1, -0.05) is 13.0 Å². The molecule has 0 aromatic rings. The van der Waals surface area contributed by atoms with Gasteiger partial charge < -0.3 is 15.3 Å². The van der Waals surface area contributed by atoms with Gasteiger partial charge in [-0.05, 0) is 20.3 Å². The Balaban J connectivity index is 4.30. The summed E-state index contributed by atoms with van der Waals surface area (Å²) in [6, 6.07) is -0.218. The van der Waals surface area contributed by atoms with Crippen LogP contribution in [0.15, 0.2) is 12.7 Å². The number of carbonyl (C=O) groups is 2. The molecule has 0 aromatic carbocycles. The maximum atomic E-state index is 11.8. The van der Waals surface area contributed by atoms with Crippen molar-refractivity contribution < 1.29 is 14.7 Å². The number of carboxylic acids is 1.